The van der Waals surface area contributed by atoms with Crippen LogP contribution in [-0.4, -0.2) is 31.4 Å². The third-order valence-corrected chi connectivity index (χ3v) is 9.31. The summed E-state index contributed by atoms with van der Waals surface area (Å²) in [6.45, 7) is 21.3. The standard InChI is InChI=1S/C18H38O3Si/c1-13(2)15(20)11-14(19)12-16(17(3,4)5)21-22(9,10)18(6,7)8/h13,15-16,20H,11-12H2,1-10H3/t15-,16+/m0/s1. The van der Waals surface area contributed by atoms with Gasteiger partial charge in [-0.1, -0.05) is 55.4 Å². The Morgan fingerprint density at radius 2 is 1.50 bits per heavy atom. The molecular formula is C18H38O3Si. The van der Waals surface area contributed by atoms with Crippen LogP contribution in [0.15, 0.2) is 0 Å². The maximum atomic E-state index is 12.3. The summed E-state index contributed by atoms with van der Waals surface area (Å²) >= 11 is 0. The van der Waals surface area contributed by atoms with Crippen LogP contribution in [-0.2, 0) is 9.22 Å². The largest absolute Gasteiger partial charge is 0.413 e. The molecule has 0 spiro atoms. The van der Waals surface area contributed by atoms with Gasteiger partial charge in [-0.25, -0.2) is 0 Å². The maximum Gasteiger partial charge on any atom is 0.192 e. The van der Waals surface area contributed by atoms with E-state index in [0.29, 0.717) is 6.42 Å². The Bertz CT molecular complexity index is 362. The van der Waals surface area contributed by atoms with E-state index in [-0.39, 0.29) is 34.7 Å². The molecule has 2 atom stereocenters. The smallest absolute Gasteiger partial charge is 0.192 e. The molecule has 3 nitrogen and oxygen atoms in total. The van der Waals surface area contributed by atoms with Crippen LogP contribution in [0, 0.1) is 11.3 Å². The van der Waals surface area contributed by atoms with E-state index in [9.17, 15) is 9.90 Å². The van der Waals surface area contributed by atoms with E-state index >= 15 is 0 Å². The van der Waals surface area contributed by atoms with Crippen LogP contribution in [0.25, 0.3) is 0 Å². The van der Waals surface area contributed by atoms with E-state index in [1.807, 2.05) is 13.8 Å². The van der Waals surface area contributed by atoms with Gasteiger partial charge in [0.2, 0.25) is 0 Å². The lowest BCUT2D eigenvalue weighted by Gasteiger charge is -2.43. The number of hydrogen-bond donors (Lipinski definition) is 1. The molecule has 0 rings (SSSR count). The van der Waals surface area contributed by atoms with Crippen molar-refractivity contribution in [2.45, 2.75) is 98.6 Å². The van der Waals surface area contributed by atoms with Gasteiger partial charge in [-0.2, -0.15) is 0 Å². The molecule has 0 heterocycles. The van der Waals surface area contributed by atoms with Crippen LogP contribution in [0.2, 0.25) is 18.1 Å². The third-order valence-electron chi connectivity index (χ3n) is 4.83. The summed E-state index contributed by atoms with van der Waals surface area (Å²) in [6, 6.07) is 0. The van der Waals surface area contributed by atoms with Crippen LogP contribution in [0.5, 0.6) is 0 Å². The summed E-state index contributed by atoms with van der Waals surface area (Å²) in [5.41, 5.74) is -0.0893. The van der Waals surface area contributed by atoms with Gasteiger partial charge < -0.3 is 9.53 Å². The summed E-state index contributed by atoms with van der Waals surface area (Å²) in [5, 5.41) is 10.0. The monoisotopic (exact) mass is 330 g/mol. The van der Waals surface area contributed by atoms with Crippen molar-refractivity contribution in [1.29, 1.82) is 0 Å². The lowest BCUT2D eigenvalue weighted by atomic mass is 9.85. The van der Waals surface area contributed by atoms with Crippen LogP contribution >= 0.6 is 0 Å². The minimum Gasteiger partial charge on any atom is -0.413 e. The zero-order valence-electron chi connectivity index (χ0n) is 16.4. The fraction of sp³-hybridized carbons (Fsp3) is 0.944. The van der Waals surface area contributed by atoms with E-state index in [1.165, 1.54) is 0 Å². The topological polar surface area (TPSA) is 46.5 Å². The molecular weight excluding hydrogens is 292 g/mol. The van der Waals surface area contributed by atoms with Crippen molar-refractivity contribution >= 4 is 14.1 Å². The second-order valence-corrected chi connectivity index (χ2v) is 14.2. The molecule has 0 aromatic carbocycles. The van der Waals surface area contributed by atoms with Gasteiger partial charge in [0.1, 0.15) is 5.78 Å². The first-order chi connectivity index (χ1) is 9.58. The number of carbonyl (C=O) groups excluding carboxylic acids is 1. The zero-order valence-corrected chi connectivity index (χ0v) is 17.4. The lowest BCUT2D eigenvalue weighted by molar-refractivity contribution is -0.124. The number of ketones is 1. The molecule has 0 aliphatic heterocycles. The highest BCUT2D eigenvalue weighted by Crippen LogP contribution is 2.40. The summed E-state index contributed by atoms with van der Waals surface area (Å²) in [4.78, 5) is 12.3. The summed E-state index contributed by atoms with van der Waals surface area (Å²) in [5.74, 6) is 0.207. The van der Waals surface area contributed by atoms with Gasteiger partial charge in [0.05, 0.1) is 12.2 Å². The van der Waals surface area contributed by atoms with Crippen LogP contribution < -0.4 is 0 Å². The highest BCUT2D eigenvalue weighted by Gasteiger charge is 2.42. The van der Waals surface area contributed by atoms with E-state index in [0.717, 1.165) is 0 Å². The lowest BCUT2D eigenvalue weighted by Crippen LogP contribution is -2.48. The molecule has 0 amide bonds. The van der Waals surface area contributed by atoms with Crippen molar-refractivity contribution in [3.05, 3.63) is 0 Å². The average molecular weight is 331 g/mol. The molecule has 4 heteroatoms. The third kappa shape index (κ3) is 6.92. The Hall–Kier alpha value is -0.193. The number of aliphatic hydroxyl groups is 1. The van der Waals surface area contributed by atoms with Crippen molar-refractivity contribution in [3.63, 3.8) is 0 Å². The van der Waals surface area contributed by atoms with E-state index in [4.69, 9.17) is 4.43 Å². The first-order valence-corrected chi connectivity index (χ1v) is 11.4. The quantitative estimate of drug-likeness (QED) is 0.683. The molecule has 0 radical (unpaired) electrons. The van der Waals surface area contributed by atoms with E-state index in [2.05, 4.69) is 54.6 Å². The second-order valence-electron chi connectivity index (χ2n) is 9.49. The number of hydrogen-bond acceptors (Lipinski definition) is 3. The molecule has 0 aromatic rings. The normalized spacial score (nSPS) is 16.7. The molecule has 0 saturated carbocycles. The number of rotatable bonds is 7. The van der Waals surface area contributed by atoms with Crippen molar-refractivity contribution in [1.82, 2.24) is 0 Å². The predicted molar refractivity (Wildman–Crippen MR) is 96.6 cm³/mol. The van der Waals surface area contributed by atoms with Gasteiger partial charge >= 0.3 is 0 Å². The number of Topliss-reactive ketones (excluding diaryl/α,β-unsaturated/α-hetero) is 1. The molecule has 1 N–H and O–H groups in total. The molecule has 22 heavy (non-hydrogen) atoms. The molecule has 0 fully saturated rings. The molecule has 0 aliphatic carbocycles. The maximum absolute atomic E-state index is 12.3. The SMILES string of the molecule is CC(C)[C@@H](O)CC(=O)C[C@@H](O[Si](C)(C)C(C)(C)C)C(C)(C)C. The summed E-state index contributed by atoms with van der Waals surface area (Å²) in [7, 11) is -1.92. The Morgan fingerprint density at radius 1 is 1.05 bits per heavy atom. The molecule has 0 aromatic heterocycles. The second kappa shape index (κ2) is 7.58. The van der Waals surface area contributed by atoms with Crippen molar-refractivity contribution < 1.29 is 14.3 Å². The van der Waals surface area contributed by atoms with Crippen LogP contribution in [0.3, 0.4) is 0 Å². The Kier molecular flexibility index (Phi) is 7.52. The number of aliphatic hydroxyl groups excluding tert-OH is 1. The Labute approximate surface area is 139 Å². The predicted octanol–water partition coefficient (Wildman–Crippen LogP) is 4.79. The molecule has 0 unspecified atom stereocenters. The first-order valence-electron chi connectivity index (χ1n) is 8.45. The van der Waals surface area contributed by atoms with E-state index < -0.39 is 14.4 Å². The average Bonchev–Trinajstić information content (AvgIpc) is 2.24. The zero-order chi connectivity index (χ0) is 17.9. The van der Waals surface area contributed by atoms with Crippen molar-refractivity contribution in [2.75, 3.05) is 0 Å². The molecule has 0 aliphatic rings. The van der Waals surface area contributed by atoms with Gasteiger partial charge in [-0.05, 0) is 29.5 Å². The van der Waals surface area contributed by atoms with Crippen LogP contribution in [0.4, 0.5) is 0 Å². The minimum absolute atomic E-state index is 0.0893. The summed E-state index contributed by atoms with van der Waals surface area (Å²) < 4.78 is 6.52. The van der Waals surface area contributed by atoms with Gasteiger partial charge in [0, 0.05) is 12.8 Å². The minimum atomic E-state index is -1.92. The van der Waals surface area contributed by atoms with Crippen LogP contribution in [0.1, 0.15) is 68.2 Å². The van der Waals surface area contributed by atoms with Gasteiger partial charge in [0.25, 0.3) is 0 Å². The summed E-state index contributed by atoms with van der Waals surface area (Å²) in [6.07, 6.45) is -0.0357. The highest BCUT2D eigenvalue weighted by molar-refractivity contribution is 6.74. The Balaban J connectivity index is 5.00. The molecule has 0 bridgehead atoms. The number of carbonyl (C=O) groups is 1. The van der Waals surface area contributed by atoms with Crippen molar-refractivity contribution in [3.8, 4) is 0 Å². The van der Waals surface area contributed by atoms with Gasteiger partial charge in [0.15, 0.2) is 8.32 Å². The van der Waals surface area contributed by atoms with Crippen molar-refractivity contribution in [2.24, 2.45) is 11.3 Å². The highest BCUT2D eigenvalue weighted by atomic mass is 28.4. The molecule has 132 valence electrons. The molecule has 0 saturated heterocycles. The van der Waals surface area contributed by atoms with E-state index in [1.54, 1.807) is 0 Å². The Morgan fingerprint density at radius 3 is 1.82 bits per heavy atom. The first kappa shape index (κ1) is 21.8. The van der Waals surface area contributed by atoms with Gasteiger partial charge in [-0.15, -0.1) is 0 Å². The fourth-order valence-corrected chi connectivity index (χ4v) is 3.32. The van der Waals surface area contributed by atoms with Gasteiger partial charge in [-0.3, -0.25) is 4.79 Å². The fourth-order valence-electron chi connectivity index (χ4n) is 1.82.